The molecule has 2 aliphatic heterocycles. The second kappa shape index (κ2) is 5.56. The number of amides is 2. The Morgan fingerprint density at radius 3 is 2.77 bits per heavy atom. The van der Waals surface area contributed by atoms with E-state index in [4.69, 9.17) is 4.74 Å². The van der Waals surface area contributed by atoms with Crippen molar-refractivity contribution in [2.24, 2.45) is 0 Å². The number of anilines is 1. The summed E-state index contributed by atoms with van der Waals surface area (Å²) in [5, 5.41) is 3.08. The normalized spacial score (nSPS) is 22.6. The van der Waals surface area contributed by atoms with Crippen molar-refractivity contribution in [3.63, 3.8) is 0 Å². The molecule has 0 atom stereocenters. The predicted molar refractivity (Wildman–Crippen MR) is 85.4 cm³/mol. The molecular weight excluding hydrogens is 278 g/mol. The van der Waals surface area contributed by atoms with E-state index >= 15 is 0 Å². The zero-order chi connectivity index (χ0) is 15.0. The molecule has 0 unspecified atom stereocenters. The lowest BCUT2D eigenvalue weighted by atomic mass is 9.99. The van der Waals surface area contributed by atoms with Gasteiger partial charge in [-0.1, -0.05) is 18.2 Å². The molecule has 2 amide bonds. The van der Waals surface area contributed by atoms with Crippen molar-refractivity contribution >= 4 is 11.7 Å². The van der Waals surface area contributed by atoms with Crippen LogP contribution < -0.4 is 10.2 Å². The van der Waals surface area contributed by atoms with E-state index < -0.39 is 0 Å². The zero-order valence-electron chi connectivity index (χ0n) is 12.9. The fourth-order valence-corrected chi connectivity index (χ4v) is 3.63. The van der Waals surface area contributed by atoms with Crippen LogP contribution in [0.15, 0.2) is 24.3 Å². The quantitative estimate of drug-likeness (QED) is 0.922. The summed E-state index contributed by atoms with van der Waals surface area (Å²) in [6, 6.07) is 8.41. The second-order valence-corrected chi connectivity index (χ2v) is 6.57. The third kappa shape index (κ3) is 2.48. The fraction of sp³-hybridized carbons (Fsp3) is 0.588. The summed E-state index contributed by atoms with van der Waals surface area (Å²) in [4.78, 5) is 16.8. The molecule has 2 heterocycles. The van der Waals surface area contributed by atoms with Crippen LogP contribution in [0.4, 0.5) is 10.5 Å². The van der Waals surface area contributed by atoms with Crippen LogP contribution in [0.1, 0.15) is 18.4 Å². The number of para-hydroxylation sites is 1. The minimum Gasteiger partial charge on any atom is -0.379 e. The SMILES string of the molecule is O=C(NCCN1CCOCC1)N1CC2(CC2)c2ccccc21. The van der Waals surface area contributed by atoms with Crippen molar-refractivity contribution in [1.29, 1.82) is 0 Å². The minimum atomic E-state index is 0.0458. The van der Waals surface area contributed by atoms with Crippen molar-refractivity contribution in [1.82, 2.24) is 10.2 Å². The van der Waals surface area contributed by atoms with Crippen LogP contribution in [0.3, 0.4) is 0 Å². The average Bonchev–Trinajstić information content (AvgIpc) is 3.26. The number of nitrogens with zero attached hydrogens (tertiary/aromatic N) is 2. The molecule has 1 aromatic rings. The second-order valence-electron chi connectivity index (χ2n) is 6.57. The Hall–Kier alpha value is -1.59. The lowest BCUT2D eigenvalue weighted by Gasteiger charge is -2.27. The first-order valence-corrected chi connectivity index (χ1v) is 8.24. The molecule has 1 aliphatic carbocycles. The maximum Gasteiger partial charge on any atom is 0.321 e. The van der Waals surface area contributed by atoms with Gasteiger partial charge < -0.3 is 10.1 Å². The van der Waals surface area contributed by atoms with Gasteiger partial charge in [-0.2, -0.15) is 0 Å². The summed E-state index contributed by atoms with van der Waals surface area (Å²) in [5.41, 5.74) is 2.72. The Balaban J connectivity index is 1.35. The molecule has 5 heteroatoms. The number of carbonyl (C=O) groups excluding carboxylic acids is 1. The Labute approximate surface area is 131 Å². The molecule has 22 heavy (non-hydrogen) atoms. The van der Waals surface area contributed by atoms with Crippen LogP contribution in [-0.4, -0.2) is 56.9 Å². The number of nitrogens with one attached hydrogen (secondary N) is 1. The molecule has 1 saturated carbocycles. The van der Waals surface area contributed by atoms with Gasteiger partial charge in [0.1, 0.15) is 0 Å². The number of ether oxygens (including phenoxy) is 1. The van der Waals surface area contributed by atoms with Crippen LogP contribution >= 0.6 is 0 Å². The topological polar surface area (TPSA) is 44.8 Å². The van der Waals surface area contributed by atoms with Gasteiger partial charge >= 0.3 is 6.03 Å². The average molecular weight is 301 g/mol. The van der Waals surface area contributed by atoms with E-state index in [2.05, 4.69) is 28.4 Å². The first-order chi connectivity index (χ1) is 10.8. The number of hydrogen-bond acceptors (Lipinski definition) is 3. The molecule has 1 spiro atoms. The number of hydrogen-bond donors (Lipinski definition) is 1. The van der Waals surface area contributed by atoms with Crippen molar-refractivity contribution in [3.8, 4) is 0 Å². The number of benzene rings is 1. The number of rotatable bonds is 3. The summed E-state index contributed by atoms with van der Waals surface area (Å²) >= 11 is 0. The van der Waals surface area contributed by atoms with Gasteiger partial charge in [0.25, 0.3) is 0 Å². The molecule has 1 N–H and O–H groups in total. The maximum absolute atomic E-state index is 12.5. The van der Waals surface area contributed by atoms with E-state index in [0.29, 0.717) is 6.54 Å². The standard InChI is InChI=1S/C17H23N3O2/c21-16(18-7-8-19-9-11-22-12-10-19)20-13-17(5-6-17)14-3-1-2-4-15(14)20/h1-4H,5-13H2,(H,18,21). The van der Waals surface area contributed by atoms with E-state index in [1.807, 2.05) is 11.0 Å². The molecular formula is C17H23N3O2. The Bertz CT molecular complexity index is 565. The molecule has 118 valence electrons. The van der Waals surface area contributed by atoms with E-state index in [9.17, 15) is 4.79 Å². The van der Waals surface area contributed by atoms with Gasteiger partial charge in [-0.3, -0.25) is 9.80 Å². The molecule has 2 fully saturated rings. The van der Waals surface area contributed by atoms with E-state index in [1.165, 1.54) is 18.4 Å². The predicted octanol–water partition coefficient (Wildman–Crippen LogP) is 1.58. The van der Waals surface area contributed by atoms with Gasteiger partial charge in [0, 0.05) is 43.8 Å². The largest absolute Gasteiger partial charge is 0.379 e. The molecule has 0 bridgehead atoms. The highest BCUT2D eigenvalue weighted by atomic mass is 16.5. The van der Waals surface area contributed by atoms with Crippen LogP contribution in [0, 0.1) is 0 Å². The zero-order valence-corrected chi connectivity index (χ0v) is 12.9. The fourth-order valence-electron chi connectivity index (χ4n) is 3.63. The first kappa shape index (κ1) is 14.0. The smallest absolute Gasteiger partial charge is 0.321 e. The van der Waals surface area contributed by atoms with Crippen LogP contribution in [0.25, 0.3) is 0 Å². The minimum absolute atomic E-state index is 0.0458. The van der Waals surface area contributed by atoms with E-state index in [-0.39, 0.29) is 11.4 Å². The van der Waals surface area contributed by atoms with Crippen molar-refractivity contribution < 1.29 is 9.53 Å². The van der Waals surface area contributed by atoms with Crippen LogP contribution in [-0.2, 0) is 10.2 Å². The van der Waals surface area contributed by atoms with Gasteiger partial charge in [-0.25, -0.2) is 4.79 Å². The molecule has 0 aromatic heterocycles. The van der Waals surface area contributed by atoms with E-state index in [1.54, 1.807) is 0 Å². The summed E-state index contributed by atoms with van der Waals surface area (Å²) < 4.78 is 5.34. The monoisotopic (exact) mass is 301 g/mol. The highest BCUT2D eigenvalue weighted by Crippen LogP contribution is 2.56. The lowest BCUT2D eigenvalue weighted by molar-refractivity contribution is 0.0387. The summed E-state index contributed by atoms with van der Waals surface area (Å²) in [7, 11) is 0. The van der Waals surface area contributed by atoms with Crippen molar-refractivity contribution in [2.45, 2.75) is 18.3 Å². The Morgan fingerprint density at radius 2 is 2.00 bits per heavy atom. The number of carbonyl (C=O) groups is 1. The molecule has 5 nitrogen and oxygen atoms in total. The molecule has 4 rings (SSSR count). The summed E-state index contributed by atoms with van der Waals surface area (Å²) in [6.07, 6.45) is 2.42. The summed E-state index contributed by atoms with van der Waals surface area (Å²) in [5.74, 6) is 0. The highest BCUT2D eigenvalue weighted by Gasteiger charge is 2.52. The molecule has 1 saturated heterocycles. The Kier molecular flexibility index (Phi) is 3.54. The van der Waals surface area contributed by atoms with Crippen molar-refractivity contribution in [2.75, 3.05) is 50.8 Å². The third-order valence-corrected chi connectivity index (χ3v) is 5.13. The van der Waals surface area contributed by atoms with Crippen molar-refractivity contribution in [3.05, 3.63) is 29.8 Å². The number of urea groups is 1. The van der Waals surface area contributed by atoms with Gasteiger partial charge in [0.05, 0.1) is 13.2 Å². The number of fused-ring (bicyclic) bond motifs is 2. The van der Waals surface area contributed by atoms with Crippen LogP contribution in [0.2, 0.25) is 0 Å². The molecule has 1 aromatic carbocycles. The Morgan fingerprint density at radius 1 is 1.23 bits per heavy atom. The van der Waals surface area contributed by atoms with Crippen LogP contribution in [0.5, 0.6) is 0 Å². The maximum atomic E-state index is 12.5. The number of morpholine rings is 1. The highest BCUT2D eigenvalue weighted by molar-refractivity contribution is 5.95. The lowest BCUT2D eigenvalue weighted by Crippen LogP contribution is -2.45. The molecule has 0 radical (unpaired) electrons. The third-order valence-electron chi connectivity index (χ3n) is 5.13. The van der Waals surface area contributed by atoms with Gasteiger partial charge in [-0.15, -0.1) is 0 Å². The van der Waals surface area contributed by atoms with Gasteiger partial charge in [-0.05, 0) is 24.5 Å². The molecule has 3 aliphatic rings. The van der Waals surface area contributed by atoms with Gasteiger partial charge in [0.2, 0.25) is 0 Å². The summed E-state index contributed by atoms with van der Waals surface area (Å²) in [6.45, 7) is 5.97. The first-order valence-electron chi connectivity index (χ1n) is 8.24. The van der Waals surface area contributed by atoms with Gasteiger partial charge in [0.15, 0.2) is 0 Å². The van der Waals surface area contributed by atoms with E-state index in [0.717, 1.165) is 45.1 Å².